The van der Waals surface area contributed by atoms with E-state index >= 15 is 0 Å². The minimum Gasteiger partial charge on any atom is -0.399 e. The van der Waals surface area contributed by atoms with E-state index in [1.807, 2.05) is 0 Å². The smallest absolute Gasteiger partial charge is 0.0596 e. The summed E-state index contributed by atoms with van der Waals surface area (Å²) >= 11 is 0. The molecule has 0 spiro atoms. The lowest BCUT2D eigenvalue weighted by atomic mass is 9.47. The summed E-state index contributed by atoms with van der Waals surface area (Å²) in [6.45, 7) is 4.82. The standard InChI is InChI=1S/C19H29NO/c1-18-9-7-13(20)11-12(18)3-4-14-15-5-6-17(21)19(15,2)10-8-16(14)18/h7,9,11-12,14-17,21H,3-6,8,10,20H2,1-2H3/t12?,14-,15-,16-,17-,18-,19-/m0/s1. The minimum absolute atomic E-state index is 0.0635. The van der Waals surface area contributed by atoms with Crippen molar-refractivity contribution in [1.82, 2.24) is 0 Å². The van der Waals surface area contributed by atoms with Crippen molar-refractivity contribution in [3.05, 3.63) is 23.9 Å². The van der Waals surface area contributed by atoms with E-state index in [2.05, 4.69) is 32.1 Å². The van der Waals surface area contributed by atoms with Crippen LogP contribution in [0.2, 0.25) is 0 Å². The van der Waals surface area contributed by atoms with Crippen LogP contribution < -0.4 is 5.73 Å². The number of rotatable bonds is 0. The molecule has 0 radical (unpaired) electrons. The van der Waals surface area contributed by atoms with E-state index in [1.54, 1.807) is 0 Å². The Bertz CT molecular complexity index is 510. The van der Waals surface area contributed by atoms with Crippen molar-refractivity contribution in [2.45, 2.75) is 58.5 Å². The van der Waals surface area contributed by atoms with Gasteiger partial charge >= 0.3 is 0 Å². The third kappa shape index (κ3) is 1.75. The minimum atomic E-state index is -0.0635. The molecule has 2 nitrogen and oxygen atoms in total. The highest BCUT2D eigenvalue weighted by atomic mass is 16.3. The number of fused-ring (bicyclic) bond motifs is 5. The Balaban J connectivity index is 1.68. The van der Waals surface area contributed by atoms with Gasteiger partial charge in [-0.25, -0.2) is 0 Å². The Labute approximate surface area is 128 Å². The quantitative estimate of drug-likeness (QED) is 0.715. The average molecular weight is 287 g/mol. The van der Waals surface area contributed by atoms with Crippen LogP contribution in [0.1, 0.15) is 52.4 Å². The first-order chi connectivity index (χ1) is 9.95. The first kappa shape index (κ1) is 13.9. The van der Waals surface area contributed by atoms with Gasteiger partial charge in [-0.1, -0.05) is 26.0 Å². The fourth-order valence-corrected chi connectivity index (χ4v) is 6.47. The number of aliphatic hydroxyl groups excluding tert-OH is 1. The topological polar surface area (TPSA) is 46.2 Å². The van der Waals surface area contributed by atoms with E-state index in [0.29, 0.717) is 11.3 Å². The van der Waals surface area contributed by atoms with Gasteiger partial charge in [-0.05, 0) is 79.1 Å². The van der Waals surface area contributed by atoms with Crippen LogP contribution in [0, 0.1) is 34.5 Å². The van der Waals surface area contributed by atoms with Gasteiger partial charge in [-0.15, -0.1) is 0 Å². The molecule has 0 bridgehead atoms. The van der Waals surface area contributed by atoms with Crippen molar-refractivity contribution in [1.29, 1.82) is 0 Å². The Hall–Kier alpha value is -0.760. The largest absolute Gasteiger partial charge is 0.399 e. The highest BCUT2D eigenvalue weighted by Gasteiger charge is 2.58. The van der Waals surface area contributed by atoms with Crippen molar-refractivity contribution in [3.8, 4) is 0 Å². The summed E-state index contributed by atoms with van der Waals surface area (Å²) in [5.41, 5.74) is 7.47. The molecule has 0 aromatic carbocycles. The van der Waals surface area contributed by atoms with Crippen molar-refractivity contribution in [3.63, 3.8) is 0 Å². The van der Waals surface area contributed by atoms with Gasteiger partial charge in [-0.3, -0.25) is 0 Å². The fraction of sp³-hybridized carbons (Fsp3) is 0.789. The maximum Gasteiger partial charge on any atom is 0.0596 e. The van der Waals surface area contributed by atoms with Crippen LogP contribution in [0.4, 0.5) is 0 Å². The molecule has 116 valence electrons. The third-order valence-corrected chi connectivity index (χ3v) is 7.82. The van der Waals surface area contributed by atoms with E-state index in [0.717, 1.165) is 29.9 Å². The molecule has 3 fully saturated rings. The lowest BCUT2D eigenvalue weighted by molar-refractivity contribution is -0.0854. The average Bonchev–Trinajstić information content (AvgIpc) is 2.76. The van der Waals surface area contributed by atoms with Gasteiger partial charge in [0.05, 0.1) is 6.10 Å². The number of hydrogen-bond acceptors (Lipinski definition) is 2. The molecule has 0 saturated heterocycles. The van der Waals surface area contributed by atoms with Crippen LogP contribution in [0.15, 0.2) is 23.9 Å². The maximum atomic E-state index is 10.5. The summed E-state index contributed by atoms with van der Waals surface area (Å²) in [7, 11) is 0. The lowest BCUT2D eigenvalue weighted by Crippen LogP contribution is -2.52. The van der Waals surface area contributed by atoms with Crippen LogP contribution in [0.5, 0.6) is 0 Å². The number of nitrogens with two attached hydrogens (primary N) is 1. The lowest BCUT2D eigenvalue weighted by Gasteiger charge is -2.58. The molecule has 0 aliphatic heterocycles. The summed E-state index contributed by atoms with van der Waals surface area (Å²) in [5, 5.41) is 10.5. The summed E-state index contributed by atoms with van der Waals surface area (Å²) < 4.78 is 0. The zero-order valence-corrected chi connectivity index (χ0v) is 13.4. The van der Waals surface area contributed by atoms with Gasteiger partial charge in [-0.2, -0.15) is 0 Å². The zero-order chi connectivity index (χ0) is 14.8. The molecule has 4 rings (SSSR count). The first-order valence-electron chi connectivity index (χ1n) is 8.80. The van der Waals surface area contributed by atoms with E-state index in [-0.39, 0.29) is 11.5 Å². The van der Waals surface area contributed by atoms with Crippen LogP contribution in [-0.2, 0) is 0 Å². The van der Waals surface area contributed by atoms with Crippen LogP contribution in [0.25, 0.3) is 0 Å². The van der Waals surface area contributed by atoms with Gasteiger partial charge in [0, 0.05) is 5.70 Å². The van der Waals surface area contributed by atoms with Crippen LogP contribution in [0.3, 0.4) is 0 Å². The molecule has 2 heteroatoms. The summed E-state index contributed by atoms with van der Waals surface area (Å²) in [6, 6.07) is 0. The van der Waals surface area contributed by atoms with E-state index in [1.165, 1.54) is 32.1 Å². The first-order valence-corrected chi connectivity index (χ1v) is 8.80. The normalized spacial score (nSPS) is 55.4. The molecule has 7 atom stereocenters. The fourth-order valence-electron chi connectivity index (χ4n) is 6.47. The molecule has 0 aromatic heterocycles. The number of aliphatic hydroxyl groups is 1. The Morgan fingerprint density at radius 3 is 2.71 bits per heavy atom. The molecule has 1 unspecified atom stereocenters. The van der Waals surface area contributed by atoms with Crippen molar-refractivity contribution in [2.75, 3.05) is 0 Å². The Morgan fingerprint density at radius 2 is 1.90 bits per heavy atom. The molecule has 4 aliphatic carbocycles. The second-order valence-corrected chi connectivity index (χ2v) is 8.56. The second-order valence-electron chi connectivity index (χ2n) is 8.56. The molecular weight excluding hydrogens is 258 g/mol. The third-order valence-electron chi connectivity index (χ3n) is 7.82. The van der Waals surface area contributed by atoms with E-state index in [9.17, 15) is 5.11 Å². The maximum absolute atomic E-state index is 10.5. The van der Waals surface area contributed by atoms with Gasteiger partial charge in [0.1, 0.15) is 0 Å². The van der Waals surface area contributed by atoms with Crippen molar-refractivity contribution >= 4 is 0 Å². The molecule has 21 heavy (non-hydrogen) atoms. The molecule has 3 N–H and O–H groups in total. The van der Waals surface area contributed by atoms with Crippen LogP contribution >= 0.6 is 0 Å². The van der Waals surface area contributed by atoms with Crippen LogP contribution in [-0.4, -0.2) is 11.2 Å². The second kappa shape index (κ2) is 4.38. The van der Waals surface area contributed by atoms with E-state index < -0.39 is 0 Å². The highest BCUT2D eigenvalue weighted by molar-refractivity contribution is 5.29. The van der Waals surface area contributed by atoms with Gasteiger partial charge in [0.15, 0.2) is 0 Å². The molecule has 3 saturated carbocycles. The summed E-state index contributed by atoms with van der Waals surface area (Å²) in [4.78, 5) is 0. The number of allylic oxidation sites excluding steroid dienone is 3. The molecule has 0 heterocycles. The Kier molecular flexibility index (Phi) is 2.89. The molecule has 0 aromatic rings. The molecule has 4 aliphatic rings. The monoisotopic (exact) mass is 287 g/mol. The molecule has 0 amide bonds. The predicted octanol–water partition coefficient (Wildman–Crippen LogP) is 3.62. The van der Waals surface area contributed by atoms with Gasteiger partial charge in [0.2, 0.25) is 0 Å². The van der Waals surface area contributed by atoms with Gasteiger partial charge < -0.3 is 10.8 Å². The van der Waals surface area contributed by atoms with Crippen molar-refractivity contribution in [2.24, 2.45) is 40.2 Å². The van der Waals surface area contributed by atoms with Gasteiger partial charge in [0.25, 0.3) is 0 Å². The predicted molar refractivity (Wildman–Crippen MR) is 85.3 cm³/mol. The Morgan fingerprint density at radius 1 is 1.10 bits per heavy atom. The zero-order valence-electron chi connectivity index (χ0n) is 13.4. The summed E-state index contributed by atoms with van der Waals surface area (Å²) in [5.74, 6) is 2.94. The summed E-state index contributed by atoms with van der Waals surface area (Å²) in [6.07, 6.45) is 14.1. The molecular formula is C19H29NO. The number of hydrogen-bond donors (Lipinski definition) is 2. The van der Waals surface area contributed by atoms with E-state index in [4.69, 9.17) is 5.73 Å². The van der Waals surface area contributed by atoms with Crippen molar-refractivity contribution < 1.29 is 5.11 Å². The highest BCUT2D eigenvalue weighted by Crippen LogP contribution is 2.64. The SMILES string of the molecule is C[C@]12CC[C@H]3[C@@H](CCC4C=C(N)C=C[C@@]43C)[C@@H]1CC[C@@H]2O.